The second-order valence-corrected chi connectivity index (χ2v) is 3.06. The van der Waals surface area contributed by atoms with Gasteiger partial charge in [-0.1, -0.05) is 0 Å². The zero-order valence-corrected chi connectivity index (χ0v) is 8.67. The first kappa shape index (κ1) is 10.9. The van der Waals surface area contributed by atoms with Crippen molar-refractivity contribution in [2.45, 2.75) is 0 Å². The van der Waals surface area contributed by atoms with Gasteiger partial charge in [-0.15, -0.1) is 11.6 Å². The van der Waals surface area contributed by atoms with Gasteiger partial charge in [0, 0.05) is 18.1 Å². The first-order valence-corrected chi connectivity index (χ1v) is 4.79. The summed E-state index contributed by atoms with van der Waals surface area (Å²) in [6.45, 7) is 0.707. The van der Waals surface area contributed by atoms with Crippen LogP contribution in [0.25, 0.3) is 0 Å². The lowest BCUT2D eigenvalue weighted by molar-refractivity contribution is 0.0601. The van der Waals surface area contributed by atoms with Crippen LogP contribution in [0.5, 0.6) is 0 Å². The Bertz CT molecular complexity index is 297. The molecule has 0 fully saturated rings. The summed E-state index contributed by atoms with van der Waals surface area (Å²) in [7, 11) is 1.36. The van der Waals surface area contributed by atoms with Gasteiger partial charge in [0.2, 0.25) is 0 Å². The fourth-order valence-electron chi connectivity index (χ4n) is 1.03. The average Bonchev–Trinajstić information content (AvgIpc) is 2.26. The fourth-order valence-corrected chi connectivity index (χ4v) is 1.13. The molecular weight excluding hydrogens is 202 g/mol. The van der Waals surface area contributed by atoms with E-state index in [1.165, 1.54) is 7.11 Å². The van der Waals surface area contributed by atoms with Crippen LogP contribution in [0.3, 0.4) is 0 Å². The van der Waals surface area contributed by atoms with Gasteiger partial charge in [-0.3, -0.25) is 0 Å². The summed E-state index contributed by atoms with van der Waals surface area (Å²) in [6, 6.07) is 7.06. The van der Waals surface area contributed by atoms with Crippen molar-refractivity contribution in [2.24, 2.45) is 0 Å². The lowest BCUT2D eigenvalue weighted by Crippen LogP contribution is -2.04. The molecule has 0 amide bonds. The van der Waals surface area contributed by atoms with E-state index in [0.717, 1.165) is 5.69 Å². The van der Waals surface area contributed by atoms with E-state index < -0.39 is 0 Å². The SMILES string of the molecule is COC(=O)c1ccc(NCCCl)cc1. The molecular formula is C10H12ClNO2. The number of benzene rings is 1. The van der Waals surface area contributed by atoms with Crippen molar-refractivity contribution in [1.82, 2.24) is 0 Å². The number of hydrogen-bond acceptors (Lipinski definition) is 3. The van der Waals surface area contributed by atoms with Crippen LogP contribution in [0.1, 0.15) is 10.4 Å². The third-order valence-electron chi connectivity index (χ3n) is 1.73. The molecule has 76 valence electrons. The monoisotopic (exact) mass is 213 g/mol. The van der Waals surface area contributed by atoms with E-state index in [1.807, 2.05) is 12.1 Å². The number of esters is 1. The van der Waals surface area contributed by atoms with Crippen molar-refractivity contribution in [2.75, 3.05) is 24.9 Å². The Labute approximate surface area is 88.0 Å². The molecule has 0 atom stereocenters. The molecule has 1 aromatic carbocycles. The van der Waals surface area contributed by atoms with Crippen molar-refractivity contribution in [3.63, 3.8) is 0 Å². The van der Waals surface area contributed by atoms with Crippen LogP contribution in [0.15, 0.2) is 24.3 Å². The minimum absolute atomic E-state index is 0.325. The number of rotatable bonds is 4. The van der Waals surface area contributed by atoms with Gasteiger partial charge in [0.1, 0.15) is 0 Å². The summed E-state index contributed by atoms with van der Waals surface area (Å²) in [4.78, 5) is 11.1. The van der Waals surface area contributed by atoms with E-state index in [-0.39, 0.29) is 5.97 Å². The summed E-state index contributed by atoms with van der Waals surface area (Å²) in [5.41, 5.74) is 1.49. The number of carbonyl (C=O) groups excluding carboxylic acids is 1. The maximum Gasteiger partial charge on any atom is 0.337 e. The van der Waals surface area contributed by atoms with Gasteiger partial charge in [0.15, 0.2) is 0 Å². The van der Waals surface area contributed by atoms with E-state index in [1.54, 1.807) is 12.1 Å². The topological polar surface area (TPSA) is 38.3 Å². The summed E-state index contributed by atoms with van der Waals surface area (Å²) in [5.74, 6) is 0.229. The Morgan fingerprint density at radius 2 is 2.07 bits per heavy atom. The van der Waals surface area contributed by atoms with Gasteiger partial charge < -0.3 is 10.1 Å². The minimum Gasteiger partial charge on any atom is -0.465 e. The Hall–Kier alpha value is -1.22. The van der Waals surface area contributed by atoms with Gasteiger partial charge in [-0.25, -0.2) is 4.79 Å². The van der Waals surface area contributed by atoms with Crippen LogP contribution in [0.4, 0.5) is 5.69 Å². The van der Waals surface area contributed by atoms with Crippen LogP contribution < -0.4 is 5.32 Å². The Balaban J connectivity index is 2.63. The number of halogens is 1. The Morgan fingerprint density at radius 3 is 2.57 bits per heavy atom. The summed E-state index contributed by atoms with van der Waals surface area (Å²) >= 11 is 5.52. The largest absolute Gasteiger partial charge is 0.465 e. The number of anilines is 1. The molecule has 0 bridgehead atoms. The average molecular weight is 214 g/mol. The third-order valence-corrected chi connectivity index (χ3v) is 1.92. The normalized spacial score (nSPS) is 9.57. The Kier molecular flexibility index (Phi) is 4.26. The zero-order chi connectivity index (χ0) is 10.4. The fraction of sp³-hybridized carbons (Fsp3) is 0.300. The molecule has 14 heavy (non-hydrogen) atoms. The van der Waals surface area contributed by atoms with Crippen molar-refractivity contribution in [1.29, 1.82) is 0 Å². The van der Waals surface area contributed by atoms with Crippen molar-refractivity contribution in [3.05, 3.63) is 29.8 Å². The van der Waals surface area contributed by atoms with Gasteiger partial charge in [0.05, 0.1) is 12.7 Å². The number of nitrogens with one attached hydrogen (secondary N) is 1. The molecule has 0 aromatic heterocycles. The van der Waals surface area contributed by atoms with E-state index >= 15 is 0 Å². The van der Waals surface area contributed by atoms with Gasteiger partial charge in [-0.2, -0.15) is 0 Å². The van der Waals surface area contributed by atoms with E-state index in [9.17, 15) is 4.79 Å². The molecule has 0 spiro atoms. The molecule has 1 N–H and O–H groups in total. The number of methoxy groups -OCH3 is 1. The highest BCUT2D eigenvalue weighted by molar-refractivity contribution is 6.18. The standard InChI is InChI=1S/C10H12ClNO2/c1-14-10(13)8-2-4-9(5-3-8)12-7-6-11/h2-5,12H,6-7H2,1H3. The highest BCUT2D eigenvalue weighted by Gasteiger charge is 2.03. The molecule has 0 radical (unpaired) electrons. The molecule has 0 aliphatic carbocycles. The van der Waals surface area contributed by atoms with Crippen LogP contribution in [-0.2, 0) is 4.74 Å². The van der Waals surface area contributed by atoms with Crippen molar-refractivity contribution in [3.8, 4) is 0 Å². The van der Waals surface area contributed by atoms with Gasteiger partial charge in [-0.05, 0) is 24.3 Å². The molecule has 0 saturated heterocycles. The maximum atomic E-state index is 11.1. The summed E-state index contributed by atoms with van der Waals surface area (Å²) in [6.07, 6.45) is 0. The number of carbonyl (C=O) groups is 1. The zero-order valence-electron chi connectivity index (χ0n) is 7.92. The molecule has 0 aliphatic rings. The lowest BCUT2D eigenvalue weighted by atomic mass is 10.2. The number of hydrogen-bond donors (Lipinski definition) is 1. The highest BCUT2D eigenvalue weighted by atomic mass is 35.5. The predicted molar refractivity (Wildman–Crippen MR) is 57.0 cm³/mol. The predicted octanol–water partition coefficient (Wildman–Crippen LogP) is 2.12. The first-order valence-electron chi connectivity index (χ1n) is 4.26. The van der Waals surface area contributed by atoms with Crippen LogP contribution in [-0.4, -0.2) is 25.5 Å². The molecule has 4 heteroatoms. The van der Waals surface area contributed by atoms with Gasteiger partial charge in [0.25, 0.3) is 0 Å². The van der Waals surface area contributed by atoms with Gasteiger partial charge >= 0.3 is 5.97 Å². The number of ether oxygens (including phenoxy) is 1. The highest BCUT2D eigenvalue weighted by Crippen LogP contribution is 2.09. The number of alkyl halides is 1. The third kappa shape index (κ3) is 2.92. The summed E-state index contributed by atoms with van der Waals surface area (Å²) in [5, 5.41) is 3.09. The van der Waals surface area contributed by atoms with Crippen LogP contribution in [0, 0.1) is 0 Å². The molecule has 0 saturated carbocycles. The molecule has 0 unspecified atom stereocenters. The quantitative estimate of drug-likeness (QED) is 0.615. The first-order chi connectivity index (χ1) is 6.77. The Morgan fingerprint density at radius 1 is 1.43 bits per heavy atom. The smallest absolute Gasteiger partial charge is 0.337 e. The van der Waals surface area contributed by atoms with E-state index in [0.29, 0.717) is 18.0 Å². The summed E-state index contributed by atoms with van der Waals surface area (Å²) < 4.78 is 4.58. The van der Waals surface area contributed by atoms with Crippen molar-refractivity contribution >= 4 is 23.3 Å². The molecule has 1 aromatic rings. The molecule has 0 aliphatic heterocycles. The molecule has 0 heterocycles. The minimum atomic E-state index is -0.325. The lowest BCUT2D eigenvalue weighted by Gasteiger charge is -2.04. The van der Waals surface area contributed by atoms with E-state index in [4.69, 9.17) is 11.6 Å². The molecule has 3 nitrogen and oxygen atoms in total. The van der Waals surface area contributed by atoms with E-state index in [2.05, 4.69) is 10.1 Å². The van der Waals surface area contributed by atoms with Crippen LogP contribution in [0.2, 0.25) is 0 Å². The second-order valence-electron chi connectivity index (χ2n) is 2.68. The molecule has 1 rings (SSSR count). The van der Waals surface area contributed by atoms with Crippen LogP contribution >= 0.6 is 11.6 Å². The maximum absolute atomic E-state index is 11.1. The van der Waals surface area contributed by atoms with Crippen molar-refractivity contribution < 1.29 is 9.53 Å². The second kappa shape index (κ2) is 5.50.